The Morgan fingerprint density at radius 1 is 1.30 bits per heavy atom. The number of unbranched alkanes of at least 4 members (excludes halogenated alkanes) is 1. The monoisotopic (exact) mass is 331 g/mol. The molecular weight excluding hydrogens is 298 g/mol. The third kappa shape index (κ3) is 6.03. The average molecular weight is 331 g/mol. The summed E-state index contributed by atoms with van der Waals surface area (Å²) < 4.78 is 22.7. The fourth-order valence-electron chi connectivity index (χ4n) is 3.27. The Morgan fingerprint density at radius 2 is 2.04 bits per heavy atom. The van der Waals surface area contributed by atoms with E-state index < -0.39 is 5.79 Å². The molecular formula is C17H33NO5. The zero-order valence-corrected chi connectivity index (χ0v) is 15.3. The van der Waals surface area contributed by atoms with E-state index in [4.69, 9.17) is 18.9 Å². The van der Waals surface area contributed by atoms with Gasteiger partial charge in [-0.05, 0) is 19.9 Å². The lowest BCUT2D eigenvalue weighted by Gasteiger charge is -2.46. The third-order valence-corrected chi connectivity index (χ3v) is 4.49. The summed E-state index contributed by atoms with van der Waals surface area (Å²) in [6, 6.07) is 0. The minimum atomic E-state index is -0.747. The van der Waals surface area contributed by atoms with Gasteiger partial charge in [-0.2, -0.15) is 0 Å². The molecule has 0 aromatic carbocycles. The van der Waals surface area contributed by atoms with Crippen LogP contribution in [0.5, 0.6) is 0 Å². The van der Waals surface area contributed by atoms with Crippen molar-refractivity contribution >= 4 is 5.97 Å². The van der Waals surface area contributed by atoms with Crippen molar-refractivity contribution in [2.75, 3.05) is 47.6 Å². The Labute approximate surface area is 140 Å². The summed E-state index contributed by atoms with van der Waals surface area (Å²) in [5.74, 6) is -1.01. The van der Waals surface area contributed by atoms with E-state index in [1.807, 2.05) is 0 Å². The summed E-state index contributed by atoms with van der Waals surface area (Å²) in [6.07, 6.45) is 3.45. The number of likely N-dealkylation sites (tertiary alicyclic amines) is 1. The summed E-state index contributed by atoms with van der Waals surface area (Å²) in [5, 5.41) is 0. The predicted molar refractivity (Wildman–Crippen MR) is 88.3 cm³/mol. The standard InChI is InChI=1S/C17H33NO5/c1-6-7-9-17(21-5,22-12-11-20-4)15-13-18(3)10-8-16(15)23-14(2)19/h15-16H,6-13H2,1-5H3. The molecule has 0 radical (unpaired) electrons. The van der Waals surface area contributed by atoms with Gasteiger partial charge < -0.3 is 23.8 Å². The first-order valence-electron chi connectivity index (χ1n) is 8.52. The zero-order valence-electron chi connectivity index (χ0n) is 15.3. The minimum absolute atomic E-state index is 0.0152. The maximum atomic E-state index is 11.5. The number of ether oxygens (including phenoxy) is 4. The second-order valence-corrected chi connectivity index (χ2v) is 6.27. The van der Waals surface area contributed by atoms with Crippen LogP contribution in [0.4, 0.5) is 0 Å². The molecule has 3 atom stereocenters. The van der Waals surface area contributed by atoms with Crippen molar-refractivity contribution in [3.8, 4) is 0 Å². The minimum Gasteiger partial charge on any atom is -0.462 e. The molecule has 1 aliphatic rings. The Kier molecular flexibility index (Phi) is 9.06. The molecule has 1 aliphatic heterocycles. The first-order valence-corrected chi connectivity index (χ1v) is 8.52. The van der Waals surface area contributed by atoms with Crippen molar-refractivity contribution in [1.82, 2.24) is 4.90 Å². The van der Waals surface area contributed by atoms with Crippen LogP contribution < -0.4 is 0 Å². The maximum Gasteiger partial charge on any atom is 0.302 e. The summed E-state index contributed by atoms with van der Waals surface area (Å²) >= 11 is 0. The van der Waals surface area contributed by atoms with Gasteiger partial charge in [0, 0.05) is 40.7 Å². The first-order chi connectivity index (χ1) is 11.0. The maximum absolute atomic E-state index is 11.5. The van der Waals surface area contributed by atoms with Crippen LogP contribution in [0.2, 0.25) is 0 Å². The van der Waals surface area contributed by atoms with Gasteiger partial charge in [0.2, 0.25) is 0 Å². The second-order valence-electron chi connectivity index (χ2n) is 6.27. The van der Waals surface area contributed by atoms with Crippen LogP contribution in [-0.4, -0.2) is 70.3 Å². The molecule has 0 saturated carbocycles. The highest BCUT2D eigenvalue weighted by molar-refractivity contribution is 5.66. The number of esters is 1. The predicted octanol–water partition coefficient (Wildman–Crippen LogP) is 2.07. The van der Waals surface area contributed by atoms with Gasteiger partial charge in [-0.1, -0.05) is 13.3 Å². The third-order valence-electron chi connectivity index (χ3n) is 4.49. The molecule has 3 unspecified atom stereocenters. The highest BCUT2D eigenvalue weighted by Gasteiger charge is 2.47. The number of carbonyl (C=O) groups is 1. The molecule has 1 rings (SSSR count). The highest BCUT2D eigenvalue weighted by Crippen LogP contribution is 2.36. The van der Waals surface area contributed by atoms with E-state index in [-0.39, 0.29) is 18.0 Å². The molecule has 0 amide bonds. The van der Waals surface area contributed by atoms with Crippen molar-refractivity contribution in [1.29, 1.82) is 0 Å². The summed E-state index contributed by atoms with van der Waals surface area (Å²) in [6.45, 7) is 6.26. The molecule has 1 saturated heterocycles. The topological polar surface area (TPSA) is 57.2 Å². The van der Waals surface area contributed by atoms with Gasteiger partial charge in [0.25, 0.3) is 0 Å². The van der Waals surface area contributed by atoms with Crippen LogP contribution in [-0.2, 0) is 23.7 Å². The quantitative estimate of drug-likeness (QED) is 0.347. The van der Waals surface area contributed by atoms with Gasteiger partial charge in [-0.3, -0.25) is 4.79 Å². The van der Waals surface area contributed by atoms with E-state index >= 15 is 0 Å². The van der Waals surface area contributed by atoms with Crippen LogP contribution >= 0.6 is 0 Å². The van der Waals surface area contributed by atoms with Crippen molar-refractivity contribution in [2.45, 2.75) is 51.4 Å². The molecule has 0 aromatic rings. The van der Waals surface area contributed by atoms with Gasteiger partial charge in [0.1, 0.15) is 6.10 Å². The number of carbonyl (C=O) groups excluding carboxylic acids is 1. The molecule has 0 spiro atoms. The van der Waals surface area contributed by atoms with Gasteiger partial charge in [0.05, 0.1) is 19.1 Å². The van der Waals surface area contributed by atoms with Crippen LogP contribution in [0, 0.1) is 5.92 Å². The Morgan fingerprint density at radius 3 is 2.61 bits per heavy atom. The smallest absolute Gasteiger partial charge is 0.302 e. The van der Waals surface area contributed by atoms with Crippen LogP contribution in [0.25, 0.3) is 0 Å². The summed E-state index contributed by atoms with van der Waals surface area (Å²) in [7, 11) is 5.41. The van der Waals surface area contributed by atoms with E-state index in [2.05, 4.69) is 18.9 Å². The number of nitrogens with zero attached hydrogens (tertiary/aromatic N) is 1. The van der Waals surface area contributed by atoms with E-state index in [1.54, 1.807) is 14.2 Å². The molecule has 136 valence electrons. The molecule has 23 heavy (non-hydrogen) atoms. The molecule has 0 N–H and O–H groups in total. The molecule has 6 heteroatoms. The summed E-state index contributed by atoms with van der Waals surface area (Å²) in [5.41, 5.74) is 0. The Balaban J connectivity index is 2.97. The second kappa shape index (κ2) is 10.2. The summed E-state index contributed by atoms with van der Waals surface area (Å²) in [4.78, 5) is 13.7. The number of methoxy groups -OCH3 is 2. The highest BCUT2D eigenvalue weighted by atomic mass is 16.7. The van der Waals surface area contributed by atoms with Crippen molar-refractivity contribution < 1.29 is 23.7 Å². The lowest BCUT2D eigenvalue weighted by atomic mass is 9.84. The fraction of sp³-hybridized carbons (Fsp3) is 0.941. The zero-order chi connectivity index (χ0) is 17.3. The number of hydrogen-bond acceptors (Lipinski definition) is 6. The normalized spacial score (nSPS) is 25.1. The van der Waals surface area contributed by atoms with Gasteiger partial charge in [-0.25, -0.2) is 0 Å². The van der Waals surface area contributed by atoms with Crippen molar-refractivity contribution in [3.63, 3.8) is 0 Å². The molecule has 0 aromatic heterocycles. The molecule has 0 bridgehead atoms. The number of piperidine rings is 1. The number of hydrogen-bond donors (Lipinski definition) is 0. The lowest BCUT2D eigenvalue weighted by molar-refractivity contribution is -0.284. The fourth-order valence-corrected chi connectivity index (χ4v) is 3.27. The van der Waals surface area contributed by atoms with Gasteiger partial charge in [0.15, 0.2) is 5.79 Å². The first kappa shape index (κ1) is 20.4. The molecule has 6 nitrogen and oxygen atoms in total. The Hall–Kier alpha value is -0.690. The molecule has 0 aliphatic carbocycles. The van der Waals surface area contributed by atoms with E-state index in [9.17, 15) is 4.79 Å². The van der Waals surface area contributed by atoms with Crippen LogP contribution in [0.3, 0.4) is 0 Å². The van der Waals surface area contributed by atoms with Gasteiger partial charge >= 0.3 is 5.97 Å². The molecule has 1 heterocycles. The van der Waals surface area contributed by atoms with E-state index in [1.165, 1.54) is 6.92 Å². The van der Waals surface area contributed by atoms with E-state index in [0.717, 1.165) is 38.8 Å². The Bertz CT molecular complexity index is 352. The lowest BCUT2D eigenvalue weighted by Crippen LogP contribution is -2.57. The van der Waals surface area contributed by atoms with Crippen molar-refractivity contribution in [3.05, 3.63) is 0 Å². The van der Waals surface area contributed by atoms with E-state index in [0.29, 0.717) is 13.2 Å². The largest absolute Gasteiger partial charge is 0.462 e. The SMILES string of the molecule is CCCCC(OC)(OCCOC)C1CN(C)CCC1OC(C)=O. The number of rotatable bonds is 10. The van der Waals surface area contributed by atoms with Crippen LogP contribution in [0.1, 0.15) is 39.5 Å². The van der Waals surface area contributed by atoms with Gasteiger partial charge in [-0.15, -0.1) is 0 Å². The van der Waals surface area contributed by atoms with Crippen LogP contribution in [0.15, 0.2) is 0 Å². The van der Waals surface area contributed by atoms with Crippen molar-refractivity contribution in [2.24, 2.45) is 5.92 Å². The molecule has 1 fully saturated rings. The average Bonchev–Trinajstić information content (AvgIpc) is 2.52.